The van der Waals surface area contributed by atoms with Gasteiger partial charge in [0.15, 0.2) is 0 Å². The Bertz CT molecular complexity index is 298. The van der Waals surface area contributed by atoms with Crippen LogP contribution in [0.25, 0.3) is 0 Å². The maximum absolute atomic E-state index is 11.5. The Balaban J connectivity index is 1.38. The van der Waals surface area contributed by atoms with Crippen molar-refractivity contribution in [1.82, 2.24) is 0 Å². The van der Waals surface area contributed by atoms with E-state index in [1.54, 1.807) is 0 Å². The van der Waals surface area contributed by atoms with Crippen LogP contribution in [-0.2, 0) is 9.53 Å². The van der Waals surface area contributed by atoms with Crippen LogP contribution < -0.4 is 0 Å². The second kappa shape index (κ2) is 9.16. The average molecular weight is 315 g/mol. The fourth-order valence-corrected chi connectivity index (χ4v) is 5.01. The number of hydrogen-bond donors (Lipinski definition) is 0. The molecule has 0 spiro atoms. The number of hydrogen-bond acceptors (Lipinski definition) is 4. The molecule has 0 radical (unpaired) electrons. The van der Waals surface area contributed by atoms with E-state index in [1.165, 1.54) is 22.8 Å². The molecule has 0 N–H and O–H groups in total. The van der Waals surface area contributed by atoms with Crippen molar-refractivity contribution in [1.29, 1.82) is 0 Å². The molecule has 2 fully saturated rings. The highest BCUT2D eigenvalue weighted by Crippen LogP contribution is 2.26. The van der Waals surface area contributed by atoms with E-state index in [4.69, 9.17) is 4.74 Å². The Labute approximate surface area is 131 Å². The minimum absolute atomic E-state index is 0.323. The van der Waals surface area contributed by atoms with Gasteiger partial charge in [-0.2, -0.15) is 23.5 Å². The molecule has 1 aliphatic carbocycles. The minimum Gasteiger partial charge on any atom is -0.374 e. The Kier molecular flexibility index (Phi) is 7.53. The first kappa shape index (κ1) is 16.4. The fraction of sp³-hybridized carbons (Fsp3) is 0.812. The lowest BCUT2D eigenvalue weighted by atomic mass is 10.1. The summed E-state index contributed by atoms with van der Waals surface area (Å²) in [4.78, 5) is 11.5. The molecule has 20 heavy (non-hydrogen) atoms. The van der Waals surface area contributed by atoms with E-state index in [1.807, 2.05) is 23.5 Å². The van der Waals surface area contributed by atoms with Crippen LogP contribution in [0.5, 0.6) is 0 Å². The highest BCUT2D eigenvalue weighted by molar-refractivity contribution is 8.02. The van der Waals surface area contributed by atoms with Crippen LogP contribution in [0.3, 0.4) is 0 Å². The molecule has 2 atom stereocenters. The van der Waals surface area contributed by atoms with Gasteiger partial charge >= 0.3 is 0 Å². The molecule has 2 unspecified atom stereocenters. The van der Waals surface area contributed by atoms with Crippen molar-refractivity contribution in [2.75, 3.05) is 29.6 Å². The molecule has 0 aromatic rings. The number of ketones is 1. The van der Waals surface area contributed by atoms with Crippen molar-refractivity contribution >= 4 is 29.3 Å². The smallest absolute Gasteiger partial charge is 0.136 e. The molecule has 2 rings (SSSR count). The summed E-state index contributed by atoms with van der Waals surface area (Å²) in [6, 6.07) is 0. The highest BCUT2D eigenvalue weighted by atomic mass is 32.2. The zero-order valence-corrected chi connectivity index (χ0v) is 13.9. The maximum Gasteiger partial charge on any atom is 0.136 e. The number of carbonyl (C=O) groups is 1. The van der Waals surface area contributed by atoms with Crippen molar-refractivity contribution in [3.8, 4) is 0 Å². The van der Waals surface area contributed by atoms with Gasteiger partial charge in [-0.3, -0.25) is 4.79 Å². The normalized spacial score (nSPS) is 26.6. The summed E-state index contributed by atoms with van der Waals surface area (Å²) in [5.74, 6) is 5.64. The van der Waals surface area contributed by atoms with Gasteiger partial charge in [-0.05, 0) is 49.2 Å². The van der Waals surface area contributed by atoms with Gasteiger partial charge in [-0.1, -0.05) is 6.58 Å². The molecule has 114 valence electrons. The van der Waals surface area contributed by atoms with E-state index >= 15 is 0 Å². The minimum atomic E-state index is 0.323. The number of thioether (sulfide) groups is 2. The molecular formula is C16H26O2S2. The highest BCUT2D eigenvalue weighted by Gasteiger charge is 2.23. The summed E-state index contributed by atoms with van der Waals surface area (Å²) >= 11 is 4.02. The van der Waals surface area contributed by atoms with Crippen LogP contribution in [0.2, 0.25) is 0 Å². The van der Waals surface area contributed by atoms with Crippen molar-refractivity contribution in [3.63, 3.8) is 0 Å². The molecule has 1 heterocycles. The van der Waals surface area contributed by atoms with Crippen LogP contribution >= 0.6 is 23.5 Å². The number of rotatable bonds is 9. The largest absolute Gasteiger partial charge is 0.374 e. The van der Waals surface area contributed by atoms with Crippen LogP contribution in [0.15, 0.2) is 12.2 Å². The first-order chi connectivity index (χ1) is 9.77. The van der Waals surface area contributed by atoms with Gasteiger partial charge in [0.25, 0.3) is 0 Å². The topological polar surface area (TPSA) is 26.3 Å². The van der Waals surface area contributed by atoms with E-state index in [0.29, 0.717) is 17.8 Å². The number of ether oxygens (including phenoxy) is 1. The zero-order valence-electron chi connectivity index (χ0n) is 12.3. The Hall–Kier alpha value is 0.0700. The van der Waals surface area contributed by atoms with Crippen molar-refractivity contribution in [2.24, 2.45) is 5.92 Å². The van der Waals surface area contributed by atoms with Gasteiger partial charge in [0.2, 0.25) is 0 Å². The zero-order chi connectivity index (χ0) is 14.2. The van der Waals surface area contributed by atoms with Crippen molar-refractivity contribution < 1.29 is 9.53 Å². The molecule has 0 bridgehead atoms. The average Bonchev–Trinajstić information content (AvgIpc) is 3.02. The van der Waals surface area contributed by atoms with E-state index in [9.17, 15) is 4.79 Å². The van der Waals surface area contributed by atoms with Gasteiger partial charge in [-0.15, -0.1) is 0 Å². The fourth-order valence-electron chi connectivity index (χ4n) is 2.83. The molecule has 0 aromatic heterocycles. The van der Waals surface area contributed by atoms with Gasteiger partial charge < -0.3 is 4.74 Å². The quantitative estimate of drug-likeness (QED) is 0.475. The molecule has 0 aromatic carbocycles. The van der Waals surface area contributed by atoms with Gasteiger partial charge in [-0.25, -0.2) is 0 Å². The lowest BCUT2D eigenvalue weighted by Gasteiger charge is -2.10. The van der Waals surface area contributed by atoms with Gasteiger partial charge in [0.05, 0.1) is 12.7 Å². The van der Waals surface area contributed by atoms with Crippen molar-refractivity contribution in [2.45, 2.75) is 44.6 Å². The first-order valence-electron chi connectivity index (χ1n) is 7.75. The van der Waals surface area contributed by atoms with Crippen LogP contribution in [-0.4, -0.2) is 41.5 Å². The van der Waals surface area contributed by atoms with Crippen LogP contribution in [0, 0.1) is 5.92 Å². The Morgan fingerprint density at radius 1 is 1.10 bits per heavy atom. The second-order valence-corrected chi connectivity index (χ2v) is 8.07. The van der Waals surface area contributed by atoms with E-state index < -0.39 is 0 Å². The molecule has 2 nitrogen and oxygen atoms in total. The first-order valence-corrected chi connectivity index (χ1v) is 10.1. The summed E-state index contributed by atoms with van der Waals surface area (Å²) in [5.41, 5.74) is 1.28. The predicted molar refractivity (Wildman–Crippen MR) is 89.7 cm³/mol. The van der Waals surface area contributed by atoms with Gasteiger partial charge in [0.1, 0.15) is 5.78 Å². The Morgan fingerprint density at radius 3 is 2.45 bits per heavy atom. The lowest BCUT2D eigenvalue weighted by molar-refractivity contribution is -0.120. The third-order valence-electron chi connectivity index (χ3n) is 4.14. The summed E-state index contributed by atoms with van der Waals surface area (Å²) in [6.45, 7) is 4.92. The summed E-state index contributed by atoms with van der Waals surface area (Å²) in [5, 5.41) is 0. The molecule has 4 heteroatoms. The van der Waals surface area contributed by atoms with Gasteiger partial charge in [0, 0.05) is 23.8 Å². The second-order valence-electron chi connectivity index (χ2n) is 5.63. The summed E-state index contributed by atoms with van der Waals surface area (Å²) < 4.78 is 5.63. The maximum atomic E-state index is 11.5. The van der Waals surface area contributed by atoms with E-state index in [2.05, 4.69) is 6.58 Å². The van der Waals surface area contributed by atoms with E-state index in [0.717, 1.165) is 50.9 Å². The van der Waals surface area contributed by atoms with Crippen LogP contribution in [0.1, 0.15) is 38.5 Å². The molecule has 0 amide bonds. The summed E-state index contributed by atoms with van der Waals surface area (Å²) in [7, 11) is 0. The molecule has 1 saturated carbocycles. The standard InChI is InChI=1S/C16H26O2S2/c1-13-5-8-18-16(13)7-10-20-12-11-19-9-6-14-3-2-4-15(14)17/h14,16H,1-12H2. The van der Waals surface area contributed by atoms with Crippen molar-refractivity contribution in [3.05, 3.63) is 12.2 Å². The summed E-state index contributed by atoms with van der Waals surface area (Å²) in [6.07, 6.45) is 6.68. The molecular weight excluding hydrogens is 288 g/mol. The SMILES string of the molecule is C=C1CCOC1CCSCCSCCC1CCCC1=O. The predicted octanol–water partition coefficient (Wildman–Crippen LogP) is 3.95. The lowest BCUT2D eigenvalue weighted by Crippen LogP contribution is -2.08. The Morgan fingerprint density at radius 2 is 1.85 bits per heavy atom. The third-order valence-corrected chi connectivity index (χ3v) is 6.43. The monoisotopic (exact) mass is 314 g/mol. The third kappa shape index (κ3) is 5.45. The molecule has 2 aliphatic rings. The number of Topliss-reactive ketones (excluding diaryl/α,β-unsaturated/α-hetero) is 1. The molecule has 1 aliphatic heterocycles. The van der Waals surface area contributed by atoms with E-state index in [-0.39, 0.29) is 0 Å². The molecule has 1 saturated heterocycles. The van der Waals surface area contributed by atoms with Crippen LogP contribution in [0.4, 0.5) is 0 Å². The number of carbonyl (C=O) groups excluding carboxylic acids is 1.